The van der Waals surface area contributed by atoms with Crippen LogP contribution in [0.2, 0.25) is 0 Å². The quantitative estimate of drug-likeness (QED) is 0.730. The van der Waals surface area contributed by atoms with Gasteiger partial charge in [0.2, 0.25) is 0 Å². The normalized spacial score (nSPS) is 22.9. The lowest BCUT2D eigenvalue weighted by atomic mass is 9.81. The number of fused-ring (bicyclic) bond motifs is 1. The first-order valence-electron chi connectivity index (χ1n) is 9.64. The van der Waals surface area contributed by atoms with Gasteiger partial charge in [-0.05, 0) is 61.6 Å². The summed E-state index contributed by atoms with van der Waals surface area (Å²) in [7, 11) is 0. The number of carbonyl (C=O) groups excluding carboxylic acids is 2. The SMILES string of the molecule is Cc1cc(NC(=O)N2C[C@@H]3CCC[C@@]3(C(=O)O)C2)ccc1NC(=O)c1ccco1. The van der Waals surface area contributed by atoms with Gasteiger partial charge in [0.05, 0.1) is 11.7 Å². The van der Waals surface area contributed by atoms with Gasteiger partial charge in [0.15, 0.2) is 5.76 Å². The second-order valence-corrected chi connectivity index (χ2v) is 7.82. The molecule has 1 aromatic heterocycles. The van der Waals surface area contributed by atoms with E-state index in [-0.39, 0.29) is 30.2 Å². The average molecular weight is 397 g/mol. The number of likely N-dealkylation sites (tertiary alicyclic amines) is 1. The highest BCUT2D eigenvalue weighted by Crippen LogP contribution is 2.48. The van der Waals surface area contributed by atoms with Crippen molar-refractivity contribution in [3.63, 3.8) is 0 Å². The van der Waals surface area contributed by atoms with E-state index in [9.17, 15) is 19.5 Å². The van der Waals surface area contributed by atoms with E-state index in [4.69, 9.17) is 4.42 Å². The number of carboxylic acid groups (broad SMARTS) is 1. The number of nitrogens with one attached hydrogen (secondary N) is 2. The van der Waals surface area contributed by atoms with E-state index in [0.29, 0.717) is 24.3 Å². The van der Waals surface area contributed by atoms with Crippen molar-refractivity contribution in [3.8, 4) is 0 Å². The molecule has 8 heteroatoms. The van der Waals surface area contributed by atoms with Gasteiger partial charge in [-0.2, -0.15) is 0 Å². The number of carboxylic acids is 1. The molecule has 4 rings (SSSR count). The van der Waals surface area contributed by atoms with Crippen molar-refractivity contribution in [2.75, 3.05) is 23.7 Å². The van der Waals surface area contributed by atoms with Gasteiger partial charge in [-0.3, -0.25) is 9.59 Å². The van der Waals surface area contributed by atoms with E-state index in [2.05, 4.69) is 10.6 Å². The van der Waals surface area contributed by atoms with Crippen molar-refractivity contribution in [1.82, 2.24) is 4.90 Å². The van der Waals surface area contributed by atoms with Gasteiger partial charge >= 0.3 is 12.0 Å². The fourth-order valence-corrected chi connectivity index (χ4v) is 4.47. The van der Waals surface area contributed by atoms with Crippen LogP contribution in [-0.4, -0.2) is 41.0 Å². The van der Waals surface area contributed by atoms with Crippen LogP contribution in [0.4, 0.5) is 16.2 Å². The molecule has 3 N–H and O–H groups in total. The molecule has 0 unspecified atom stereocenters. The van der Waals surface area contributed by atoms with Crippen LogP contribution in [0, 0.1) is 18.3 Å². The van der Waals surface area contributed by atoms with Crippen molar-refractivity contribution in [1.29, 1.82) is 0 Å². The second-order valence-electron chi connectivity index (χ2n) is 7.82. The Kier molecular flexibility index (Phi) is 4.77. The Labute approximate surface area is 167 Å². The van der Waals surface area contributed by atoms with Crippen molar-refractivity contribution < 1.29 is 23.9 Å². The van der Waals surface area contributed by atoms with E-state index in [1.54, 1.807) is 35.2 Å². The first kappa shape index (κ1) is 19.0. The summed E-state index contributed by atoms with van der Waals surface area (Å²) in [5.74, 6) is -0.916. The predicted octanol–water partition coefficient (Wildman–Crippen LogP) is 3.56. The molecule has 8 nitrogen and oxygen atoms in total. The number of urea groups is 1. The zero-order chi connectivity index (χ0) is 20.6. The largest absolute Gasteiger partial charge is 0.481 e. The molecular formula is C21H23N3O5. The summed E-state index contributed by atoms with van der Waals surface area (Å²) >= 11 is 0. The lowest BCUT2D eigenvalue weighted by Crippen LogP contribution is -2.38. The highest BCUT2D eigenvalue weighted by molar-refractivity contribution is 6.03. The van der Waals surface area contributed by atoms with E-state index >= 15 is 0 Å². The van der Waals surface area contributed by atoms with Crippen LogP contribution in [0.3, 0.4) is 0 Å². The highest BCUT2D eigenvalue weighted by atomic mass is 16.4. The van der Waals surface area contributed by atoms with Crippen molar-refractivity contribution in [2.45, 2.75) is 26.2 Å². The molecule has 2 fully saturated rings. The van der Waals surface area contributed by atoms with Gasteiger partial charge < -0.3 is 25.1 Å². The molecule has 1 aromatic carbocycles. The Balaban J connectivity index is 1.41. The fourth-order valence-electron chi connectivity index (χ4n) is 4.47. The van der Waals surface area contributed by atoms with Gasteiger partial charge in [0.1, 0.15) is 0 Å². The third kappa shape index (κ3) is 3.46. The number of nitrogens with zero attached hydrogens (tertiary/aromatic N) is 1. The summed E-state index contributed by atoms with van der Waals surface area (Å²) < 4.78 is 5.08. The molecule has 1 saturated heterocycles. The number of furan rings is 1. The summed E-state index contributed by atoms with van der Waals surface area (Å²) in [6.07, 6.45) is 3.80. The second kappa shape index (κ2) is 7.27. The lowest BCUT2D eigenvalue weighted by molar-refractivity contribution is -0.149. The number of hydrogen-bond donors (Lipinski definition) is 3. The van der Waals surface area contributed by atoms with E-state index in [1.165, 1.54) is 6.26 Å². The van der Waals surface area contributed by atoms with Gasteiger partial charge in [0.25, 0.3) is 5.91 Å². The molecule has 0 bridgehead atoms. The van der Waals surface area contributed by atoms with E-state index in [1.807, 2.05) is 6.92 Å². The van der Waals surface area contributed by atoms with Crippen LogP contribution in [-0.2, 0) is 4.79 Å². The number of aryl methyl sites for hydroxylation is 1. The van der Waals surface area contributed by atoms with Crippen LogP contribution in [0.15, 0.2) is 41.0 Å². The molecule has 2 atom stereocenters. The van der Waals surface area contributed by atoms with Gasteiger partial charge in [-0.1, -0.05) is 6.42 Å². The summed E-state index contributed by atoms with van der Waals surface area (Å²) in [5.41, 5.74) is 1.19. The fraction of sp³-hybridized carbons (Fsp3) is 0.381. The summed E-state index contributed by atoms with van der Waals surface area (Å²) in [6, 6.07) is 8.09. The maximum absolute atomic E-state index is 12.7. The topological polar surface area (TPSA) is 112 Å². The first-order valence-corrected chi connectivity index (χ1v) is 9.64. The van der Waals surface area contributed by atoms with E-state index < -0.39 is 11.4 Å². The lowest BCUT2D eigenvalue weighted by Gasteiger charge is -2.23. The minimum absolute atomic E-state index is 0.0201. The van der Waals surface area contributed by atoms with Crippen LogP contribution in [0.1, 0.15) is 35.4 Å². The summed E-state index contributed by atoms with van der Waals surface area (Å²) in [6.45, 7) is 2.54. The molecule has 2 aliphatic rings. The Bertz CT molecular complexity index is 955. The number of hydrogen-bond acceptors (Lipinski definition) is 4. The zero-order valence-electron chi connectivity index (χ0n) is 16.1. The Morgan fingerprint density at radius 1 is 1.24 bits per heavy atom. The minimum Gasteiger partial charge on any atom is -0.481 e. The molecule has 3 amide bonds. The van der Waals surface area contributed by atoms with Crippen molar-refractivity contribution in [3.05, 3.63) is 47.9 Å². The maximum atomic E-state index is 12.7. The number of carbonyl (C=O) groups is 3. The standard InChI is InChI=1S/C21H23N3O5/c1-13-10-15(6-7-16(13)23-18(25)17-5-3-9-29-17)22-20(28)24-11-14-4-2-8-21(14,12-24)19(26)27/h3,5-7,9-10,14H,2,4,8,11-12H2,1H3,(H,22,28)(H,23,25)(H,26,27)/t14-,21+/m0/s1. The average Bonchev–Trinajstić information content (AvgIpc) is 3.39. The number of benzene rings is 1. The molecule has 0 spiro atoms. The number of anilines is 2. The number of aliphatic carboxylic acids is 1. The van der Waals surface area contributed by atoms with Gasteiger partial charge in [0, 0.05) is 24.5 Å². The van der Waals surface area contributed by atoms with Crippen LogP contribution < -0.4 is 10.6 Å². The smallest absolute Gasteiger partial charge is 0.321 e. The monoisotopic (exact) mass is 397 g/mol. The molecule has 2 aromatic rings. The van der Waals surface area contributed by atoms with Gasteiger partial charge in [-0.15, -0.1) is 0 Å². The molecular weight excluding hydrogens is 374 g/mol. The third-order valence-corrected chi connectivity index (χ3v) is 6.05. The van der Waals surface area contributed by atoms with Crippen molar-refractivity contribution in [2.24, 2.45) is 11.3 Å². The van der Waals surface area contributed by atoms with Crippen LogP contribution >= 0.6 is 0 Å². The zero-order valence-corrected chi connectivity index (χ0v) is 16.1. The minimum atomic E-state index is -0.803. The number of amides is 3. The van der Waals surface area contributed by atoms with Gasteiger partial charge in [-0.25, -0.2) is 4.79 Å². The molecule has 1 saturated carbocycles. The van der Waals surface area contributed by atoms with Crippen LogP contribution in [0.25, 0.3) is 0 Å². The molecule has 1 aliphatic carbocycles. The summed E-state index contributed by atoms with van der Waals surface area (Å²) in [5, 5.41) is 15.3. The molecule has 29 heavy (non-hydrogen) atoms. The Hall–Kier alpha value is -3.29. The molecule has 0 radical (unpaired) electrons. The first-order chi connectivity index (χ1) is 13.9. The van der Waals surface area contributed by atoms with E-state index in [0.717, 1.165) is 18.4 Å². The Morgan fingerprint density at radius 3 is 2.72 bits per heavy atom. The predicted molar refractivity (Wildman–Crippen MR) is 106 cm³/mol. The van der Waals surface area contributed by atoms with Crippen molar-refractivity contribution >= 4 is 29.3 Å². The number of rotatable bonds is 4. The van der Waals surface area contributed by atoms with Crippen LogP contribution in [0.5, 0.6) is 0 Å². The maximum Gasteiger partial charge on any atom is 0.321 e. The Morgan fingerprint density at radius 2 is 2.07 bits per heavy atom. The molecule has 2 heterocycles. The third-order valence-electron chi connectivity index (χ3n) is 6.05. The molecule has 152 valence electrons. The highest BCUT2D eigenvalue weighted by Gasteiger charge is 2.55. The summed E-state index contributed by atoms with van der Waals surface area (Å²) in [4.78, 5) is 38.2. The molecule has 1 aliphatic heterocycles.